The summed E-state index contributed by atoms with van der Waals surface area (Å²) in [5, 5.41) is 8.05. The van der Waals surface area contributed by atoms with Gasteiger partial charge in [-0.25, -0.2) is 4.79 Å². The summed E-state index contributed by atoms with van der Waals surface area (Å²) in [5.74, 6) is 1.32. The monoisotopic (exact) mass is 340 g/mol. The number of amides is 2. The molecule has 132 valence electrons. The van der Waals surface area contributed by atoms with Crippen molar-refractivity contribution in [1.82, 2.24) is 10.6 Å². The zero-order valence-electron chi connectivity index (χ0n) is 14.2. The Morgan fingerprint density at radius 1 is 1.12 bits per heavy atom. The number of carbonyl (C=O) groups is 1. The number of rotatable bonds is 6. The van der Waals surface area contributed by atoms with Crippen LogP contribution < -0.4 is 15.4 Å². The quantitative estimate of drug-likeness (QED) is 0.795. The van der Waals surface area contributed by atoms with Gasteiger partial charge in [-0.05, 0) is 30.7 Å². The summed E-state index contributed by atoms with van der Waals surface area (Å²) in [6.45, 7) is 1.61. The van der Waals surface area contributed by atoms with E-state index in [0.717, 1.165) is 29.4 Å². The van der Waals surface area contributed by atoms with Crippen LogP contribution in [0.3, 0.4) is 0 Å². The van der Waals surface area contributed by atoms with E-state index in [2.05, 4.69) is 22.8 Å². The summed E-state index contributed by atoms with van der Waals surface area (Å²) in [6.07, 6.45) is 4.17. The van der Waals surface area contributed by atoms with Crippen molar-refractivity contribution in [2.24, 2.45) is 5.92 Å². The number of nitrogens with one attached hydrogen (secondary N) is 2. The first-order valence-electron chi connectivity index (χ1n) is 9.07. The molecule has 2 aliphatic rings. The lowest BCUT2D eigenvalue weighted by atomic mass is 9.89. The van der Waals surface area contributed by atoms with Gasteiger partial charge < -0.3 is 20.1 Å². The lowest BCUT2D eigenvalue weighted by Crippen LogP contribution is -2.41. The van der Waals surface area contributed by atoms with Gasteiger partial charge in [0.15, 0.2) is 0 Å². The molecule has 2 aromatic rings. The number of hydrogen-bond acceptors (Lipinski definition) is 3. The highest BCUT2D eigenvalue weighted by molar-refractivity contribution is 5.88. The minimum absolute atomic E-state index is 0.135. The van der Waals surface area contributed by atoms with Gasteiger partial charge in [-0.1, -0.05) is 36.4 Å². The second-order valence-electron chi connectivity index (χ2n) is 6.83. The molecule has 0 saturated carbocycles. The highest BCUT2D eigenvalue weighted by Gasteiger charge is 2.40. The fourth-order valence-corrected chi connectivity index (χ4v) is 3.89. The molecule has 0 aliphatic carbocycles. The molecular formula is C20H24N2O3. The van der Waals surface area contributed by atoms with Crippen LogP contribution in [0.1, 0.15) is 19.3 Å². The van der Waals surface area contributed by atoms with E-state index in [0.29, 0.717) is 37.8 Å². The number of ether oxygens (including phenoxy) is 2. The topological polar surface area (TPSA) is 59.6 Å². The van der Waals surface area contributed by atoms with E-state index in [1.807, 2.05) is 30.3 Å². The fraction of sp³-hybridized carbons (Fsp3) is 0.450. The third-order valence-corrected chi connectivity index (χ3v) is 5.15. The summed E-state index contributed by atoms with van der Waals surface area (Å²) in [5.41, 5.74) is 0. The van der Waals surface area contributed by atoms with E-state index >= 15 is 0 Å². The third kappa shape index (κ3) is 3.71. The second kappa shape index (κ2) is 7.31. The molecule has 5 nitrogen and oxygen atoms in total. The molecule has 4 rings (SSSR count). The summed E-state index contributed by atoms with van der Waals surface area (Å²) in [7, 11) is 0. The van der Waals surface area contributed by atoms with Crippen LogP contribution in [0.15, 0.2) is 42.5 Å². The first-order valence-corrected chi connectivity index (χ1v) is 9.07. The van der Waals surface area contributed by atoms with Crippen LogP contribution in [-0.2, 0) is 4.74 Å². The maximum atomic E-state index is 11.9. The standard InChI is InChI=1S/C20H24N2O3/c23-20(22-13-15-12-16-8-9-18(15)25-16)21-10-11-24-19-7-3-5-14-4-1-2-6-17(14)19/h1-7,15-16,18H,8-13H2,(H2,21,22,23)/t15-,16-,18-/m1/s1. The molecule has 2 aliphatic heterocycles. The Morgan fingerprint density at radius 2 is 2.00 bits per heavy atom. The van der Waals surface area contributed by atoms with Gasteiger partial charge in [0.25, 0.3) is 0 Å². The molecule has 0 unspecified atom stereocenters. The molecule has 2 heterocycles. The Bertz CT molecular complexity index is 743. The van der Waals surface area contributed by atoms with Crippen molar-refractivity contribution >= 4 is 16.8 Å². The second-order valence-corrected chi connectivity index (χ2v) is 6.83. The maximum Gasteiger partial charge on any atom is 0.314 e. The minimum atomic E-state index is -0.135. The molecule has 2 bridgehead atoms. The SMILES string of the molecule is O=C(NCCOc1cccc2ccccc12)NC[C@H]1C[C@H]2CC[C@H]1O2. The van der Waals surface area contributed by atoms with Crippen LogP contribution in [-0.4, -0.2) is 37.9 Å². The Kier molecular flexibility index (Phi) is 4.74. The van der Waals surface area contributed by atoms with Crippen LogP contribution in [0.5, 0.6) is 5.75 Å². The van der Waals surface area contributed by atoms with E-state index in [9.17, 15) is 4.79 Å². The average Bonchev–Trinajstić information content (AvgIpc) is 3.27. The predicted octanol–water partition coefficient (Wildman–Crippen LogP) is 3.09. The Balaban J connectivity index is 1.18. The average molecular weight is 340 g/mol. The minimum Gasteiger partial charge on any atom is -0.491 e. The van der Waals surface area contributed by atoms with E-state index < -0.39 is 0 Å². The van der Waals surface area contributed by atoms with Crippen molar-refractivity contribution < 1.29 is 14.3 Å². The zero-order valence-corrected chi connectivity index (χ0v) is 14.2. The van der Waals surface area contributed by atoms with E-state index in [1.165, 1.54) is 6.42 Å². The smallest absolute Gasteiger partial charge is 0.314 e. The lowest BCUT2D eigenvalue weighted by Gasteiger charge is -2.19. The van der Waals surface area contributed by atoms with Crippen molar-refractivity contribution in [3.63, 3.8) is 0 Å². The van der Waals surface area contributed by atoms with Gasteiger partial charge in [0.2, 0.25) is 0 Å². The normalized spacial score (nSPS) is 24.4. The van der Waals surface area contributed by atoms with Gasteiger partial charge in [-0.3, -0.25) is 0 Å². The van der Waals surface area contributed by atoms with Gasteiger partial charge in [0.1, 0.15) is 12.4 Å². The van der Waals surface area contributed by atoms with Crippen LogP contribution >= 0.6 is 0 Å². The molecule has 2 saturated heterocycles. The first kappa shape index (κ1) is 16.2. The molecule has 25 heavy (non-hydrogen) atoms. The number of urea groups is 1. The molecular weight excluding hydrogens is 316 g/mol. The number of hydrogen-bond donors (Lipinski definition) is 2. The Morgan fingerprint density at radius 3 is 2.84 bits per heavy atom. The summed E-state index contributed by atoms with van der Waals surface area (Å²) >= 11 is 0. The van der Waals surface area contributed by atoms with Crippen molar-refractivity contribution in [3.8, 4) is 5.75 Å². The number of carbonyl (C=O) groups excluding carboxylic acids is 1. The molecule has 2 fully saturated rings. The summed E-state index contributed by atoms with van der Waals surface area (Å²) in [6, 6.07) is 14.0. The van der Waals surface area contributed by atoms with Gasteiger partial charge in [0.05, 0.1) is 18.8 Å². The predicted molar refractivity (Wildman–Crippen MR) is 96.8 cm³/mol. The molecule has 0 spiro atoms. The number of fused-ring (bicyclic) bond motifs is 3. The van der Waals surface area contributed by atoms with Crippen molar-refractivity contribution in [3.05, 3.63) is 42.5 Å². The van der Waals surface area contributed by atoms with Crippen LogP contribution in [0.25, 0.3) is 10.8 Å². The molecule has 2 N–H and O–H groups in total. The van der Waals surface area contributed by atoms with Crippen molar-refractivity contribution in [2.45, 2.75) is 31.5 Å². The molecule has 2 amide bonds. The van der Waals surface area contributed by atoms with E-state index in [-0.39, 0.29) is 6.03 Å². The van der Waals surface area contributed by atoms with Gasteiger partial charge in [-0.2, -0.15) is 0 Å². The van der Waals surface area contributed by atoms with Gasteiger partial charge in [0, 0.05) is 17.8 Å². The lowest BCUT2D eigenvalue weighted by molar-refractivity contribution is 0.0927. The van der Waals surface area contributed by atoms with Gasteiger partial charge in [-0.15, -0.1) is 0 Å². The van der Waals surface area contributed by atoms with E-state index in [4.69, 9.17) is 9.47 Å². The summed E-state index contributed by atoms with van der Waals surface area (Å²) < 4.78 is 11.6. The Hall–Kier alpha value is -2.27. The van der Waals surface area contributed by atoms with Crippen LogP contribution in [0, 0.1) is 5.92 Å². The van der Waals surface area contributed by atoms with Crippen molar-refractivity contribution in [2.75, 3.05) is 19.7 Å². The highest BCUT2D eigenvalue weighted by Crippen LogP contribution is 2.38. The molecule has 5 heteroatoms. The molecule has 3 atom stereocenters. The van der Waals surface area contributed by atoms with Crippen LogP contribution in [0.2, 0.25) is 0 Å². The maximum absolute atomic E-state index is 11.9. The number of benzene rings is 2. The summed E-state index contributed by atoms with van der Waals surface area (Å²) in [4.78, 5) is 11.9. The molecule has 2 aromatic carbocycles. The highest BCUT2D eigenvalue weighted by atomic mass is 16.5. The van der Waals surface area contributed by atoms with Crippen molar-refractivity contribution in [1.29, 1.82) is 0 Å². The van der Waals surface area contributed by atoms with E-state index in [1.54, 1.807) is 0 Å². The largest absolute Gasteiger partial charge is 0.491 e. The zero-order chi connectivity index (χ0) is 17.1. The fourth-order valence-electron chi connectivity index (χ4n) is 3.89. The first-order chi connectivity index (χ1) is 12.3. The molecule has 0 radical (unpaired) electrons. The van der Waals surface area contributed by atoms with Crippen LogP contribution in [0.4, 0.5) is 4.79 Å². The Labute approximate surface area is 147 Å². The van der Waals surface area contributed by atoms with Gasteiger partial charge >= 0.3 is 6.03 Å². The molecule has 0 aromatic heterocycles. The third-order valence-electron chi connectivity index (χ3n) is 5.15.